The first-order valence-electron chi connectivity index (χ1n) is 17.1. The smallest absolute Gasteiger partial charge is 0.339 e. The van der Waals surface area contributed by atoms with E-state index in [0.29, 0.717) is 39.8 Å². The van der Waals surface area contributed by atoms with E-state index in [0.717, 1.165) is 11.3 Å². The van der Waals surface area contributed by atoms with Crippen molar-refractivity contribution >= 4 is 40.5 Å². The van der Waals surface area contributed by atoms with Crippen molar-refractivity contribution in [1.82, 2.24) is 0 Å². The molecule has 3 aliphatic rings. The summed E-state index contributed by atoms with van der Waals surface area (Å²) in [5.41, 5.74) is 2.63. The SMILES string of the molecule is C=CCN1C(=O)[C@H]([C@@H]2C(Nc3ccc(OC)cc3)=C(C(=O)OCC)[C@@]3(C(=O)N(CC=C)c4ccccc43)N2c2ccc(OC)cc2)c2ccccc21. The van der Waals surface area contributed by atoms with Crippen LogP contribution in [0.5, 0.6) is 11.5 Å². The predicted molar refractivity (Wildman–Crippen MR) is 202 cm³/mol. The Morgan fingerprint density at radius 1 is 0.808 bits per heavy atom. The van der Waals surface area contributed by atoms with Crippen LogP contribution in [0.1, 0.15) is 24.0 Å². The third-order valence-corrected chi connectivity index (χ3v) is 9.94. The van der Waals surface area contributed by atoms with Gasteiger partial charge in [-0.25, -0.2) is 4.79 Å². The molecule has 10 nitrogen and oxygen atoms in total. The molecule has 0 unspecified atom stereocenters. The van der Waals surface area contributed by atoms with Crippen molar-refractivity contribution in [2.24, 2.45) is 0 Å². The minimum Gasteiger partial charge on any atom is -0.497 e. The van der Waals surface area contributed by atoms with Crippen LogP contribution in [-0.2, 0) is 24.7 Å². The van der Waals surface area contributed by atoms with Gasteiger partial charge in [0.1, 0.15) is 11.5 Å². The lowest BCUT2D eigenvalue weighted by molar-refractivity contribution is -0.140. The third kappa shape index (κ3) is 5.13. The second kappa shape index (κ2) is 13.8. The number of fused-ring (bicyclic) bond motifs is 3. The van der Waals surface area contributed by atoms with Crippen molar-refractivity contribution in [3.8, 4) is 11.5 Å². The Bertz CT molecular complexity index is 2090. The van der Waals surface area contributed by atoms with E-state index in [2.05, 4.69) is 18.5 Å². The van der Waals surface area contributed by atoms with Gasteiger partial charge in [0.2, 0.25) is 5.91 Å². The van der Waals surface area contributed by atoms with E-state index >= 15 is 4.79 Å². The zero-order chi connectivity index (χ0) is 36.6. The fourth-order valence-electron chi connectivity index (χ4n) is 7.90. The normalized spacial score (nSPS) is 20.2. The number of para-hydroxylation sites is 2. The number of esters is 1. The Labute approximate surface area is 303 Å². The van der Waals surface area contributed by atoms with Crippen LogP contribution in [0.3, 0.4) is 0 Å². The molecule has 0 saturated carbocycles. The van der Waals surface area contributed by atoms with E-state index in [1.165, 1.54) is 0 Å². The van der Waals surface area contributed by atoms with E-state index in [1.807, 2.05) is 77.7 Å². The van der Waals surface area contributed by atoms with Gasteiger partial charge in [0, 0.05) is 35.7 Å². The fraction of sp³-hybridized carbons (Fsp3) is 0.214. The molecule has 3 heterocycles. The van der Waals surface area contributed by atoms with Crippen LogP contribution in [0.15, 0.2) is 134 Å². The van der Waals surface area contributed by atoms with E-state index in [-0.39, 0.29) is 37.1 Å². The first kappa shape index (κ1) is 34.2. The predicted octanol–water partition coefficient (Wildman–Crippen LogP) is 6.57. The third-order valence-electron chi connectivity index (χ3n) is 9.94. The molecular formula is C42H40N4O6. The molecule has 2 amide bonds. The molecule has 52 heavy (non-hydrogen) atoms. The topological polar surface area (TPSA) is 101 Å². The molecule has 0 radical (unpaired) electrons. The highest BCUT2D eigenvalue weighted by Gasteiger charge is 2.68. The first-order valence-corrected chi connectivity index (χ1v) is 17.1. The number of carbonyl (C=O) groups excluding carboxylic acids is 3. The molecule has 0 fully saturated rings. The summed E-state index contributed by atoms with van der Waals surface area (Å²) in [6.45, 7) is 10.1. The molecular weight excluding hydrogens is 656 g/mol. The summed E-state index contributed by atoms with van der Waals surface area (Å²) < 4.78 is 16.8. The number of hydrogen-bond donors (Lipinski definition) is 1. The van der Waals surface area contributed by atoms with Gasteiger partial charge in [-0.05, 0) is 73.2 Å². The number of nitrogens with one attached hydrogen (secondary N) is 1. The molecule has 4 aromatic carbocycles. The summed E-state index contributed by atoms with van der Waals surface area (Å²) in [4.78, 5) is 50.5. The highest BCUT2D eigenvalue weighted by Crippen LogP contribution is 2.59. The van der Waals surface area contributed by atoms with Crippen LogP contribution in [0.2, 0.25) is 0 Å². The number of benzene rings is 4. The van der Waals surface area contributed by atoms with Gasteiger partial charge in [-0.1, -0.05) is 48.6 Å². The molecule has 1 N–H and O–H groups in total. The summed E-state index contributed by atoms with van der Waals surface area (Å²) >= 11 is 0. The van der Waals surface area contributed by atoms with Crippen LogP contribution >= 0.6 is 0 Å². The highest BCUT2D eigenvalue weighted by atomic mass is 16.5. The Kier molecular flexibility index (Phi) is 9.06. The zero-order valence-electron chi connectivity index (χ0n) is 29.4. The van der Waals surface area contributed by atoms with Crippen LogP contribution < -0.4 is 29.5 Å². The van der Waals surface area contributed by atoms with E-state index in [9.17, 15) is 9.59 Å². The van der Waals surface area contributed by atoms with Gasteiger partial charge in [0.15, 0.2) is 5.54 Å². The number of ether oxygens (including phenoxy) is 3. The largest absolute Gasteiger partial charge is 0.497 e. The molecule has 264 valence electrons. The van der Waals surface area contributed by atoms with Crippen LogP contribution in [0.4, 0.5) is 22.7 Å². The highest BCUT2D eigenvalue weighted by molar-refractivity contribution is 6.19. The van der Waals surface area contributed by atoms with Crippen molar-refractivity contribution < 1.29 is 28.6 Å². The molecule has 10 heteroatoms. The molecule has 0 saturated heterocycles. The number of carbonyl (C=O) groups is 3. The zero-order valence-corrected chi connectivity index (χ0v) is 29.4. The van der Waals surface area contributed by atoms with Gasteiger partial charge >= 0.3 is 5.97 Å². The molecule has 7 rings (SSSR count). The maximum atomic E-state index is 15.6. The van der Waals surface area contributed by atoms with Gasteiger partial charge < -0.3 is 34.2 Å². The van der Waals surface area contributed by atoms with Crippen molar-refractivity contribution in [3.05, 3.63) is 145 Å². The van der Waals surface area contributed by atoms with Gasteiger partial charge in [-0.2, -0.15) is 0 Å². The summed E-state index contributed by atoms with van der Waals surface area (Å²) in [6, 6.07) is 28.7. The van der Waals surface area contributed by atoms with Gasteiger partial charge in [-0.3, -0.25) is 9.59 Å². The fourth-order valence-corrected chi connectivity index (χ4v) is 7.90. The summed E-state index contributed by atoms with van der Waals surface area (Å²) in [7, 11) is 3.17. The van der Waals surface area contributed by atoms with Crippen molar-refractivity contribution in [2.75, 3.05) is 53.9 Å². The quantitative estimate of drug-likeness (QED) is 0.131. The maximum Gasteiger partial charge on any atom is 0.339 e. The second-order valence-electron chi connectivity index (χ2n) is 12.6. The second-order valence-corrected chi connectivity index (χ2v) is 12.6. The van der Waals surface area contributed by atoms with Crippen molar-refractivity contribution in [3.63, 3.8) is 0 Å². The number of amides is 2. The molecule has 0 bridgehead atoms. The molecule has 0 aromatic heterocycles. The number of nitrogens with zero attached hydrogens (tertiary/aromatic N) is 3. The van der Waals surface area contributed by atoms with E-state index < -0.39 is 23.5 Å². The number of hydrogen-bond acceptors (Lipinski definition) is 8. The van der Waals surface area contributed by atoms with Crippen molar-refractivity contribution in [1.29, 1.82) is 0 Å². The Balaban J connectivity index is 1.61. The van der Waals surface area contributed by atoms with E-state index in [1.54, 1.807) is 67.4 Å². The summed E-state index contributed by atoms with van der Waals surface area (Å²) in [5.74, 6) is -0.855. The number of methoxy groups -OCH3 is 2. The minimum absolute atomic E-state index is 0.0615. The summed E-state index contributed by atoms with van der Waals surface area (Å²) in [5, 5.41) is 3.55. The lowest BCUT2D eigenvalue weighted by Crippen LogP contribution is -2.57. The Morgan fingerprint density at radius 3 is 2.04 bits per heavy atom. The van der Waals surface area contributed by atoms with Gasteiger partial charge in [-0.15, -0.1) is 13.2 Å². The van der Waals surface area contributed by atoms with E-state index in [4.69, 9.17) is 14.2 Å². The van der Waals surface area contributed by atoms with Crippen LogP contribution in [0, 0.1) is 0 Å². The monoisotopic (exact) mass is 696 g/mol. The van der Waals surface area contributed by atoms with Crippen LogP contribution in [-0.4, -0.2) is 57.7 Å². The number of anilines is 4. The number of rotatable bonds is 12. The molecule has 1 spiro atoms. The molecule has 3 atom stereocenters. The molecule has 4 aromatic rings. The van der Waals surface area contributed by atoms with Gasteiger partial charge in [0.05, 0.1) is 49.7 Å². The van der Waals surface area contributed by atoms with Crippen molar-refractivity contribution in [2.45, 2.75) is 24.4 Å². The van der Waals surface area contributed by atoms with Gasteiger partial charge in [0.25, 0.3) is 5.91 Å². The first-order chi connectivity index (χ1) is 25.3. The Hall–Kier alpha value is -6.29. The molecule has 3 aliphatic heterocycles. The minimum atomic E-state index is -1.76. The van der Waals surface area contributed by atoms with Crippen LogP contribution in [0.25, 0.3) is 0 Å². The molecule has 0 aliphatic carbocycles. The Morgan fingerprint density at radius 2 is 1.40 bits per heavy atom. The summed E-state index contributed by atoms with van der Waals surface area (Å²) in [6.07, 6.45) is 3.35. The average molecular weight is 697 g/mol. The lowest BCUT2D eigenvalue weighted by Gasteiger charge is -2.42. The average Bonchev–Trinajstić information content (AvgIpc) is 3.71. The maximum absolute atomic E-state index is 15.6. The lowest BCUT2D eigenvalue weighted by atomic mass is 9.83. The standard InChI is InChI=1S/C42H40N4O6/c1-6-25-44-33-15-11-9-13-31(33)35(39(44)47)38-37(43-27-17-21-29(50-4)22-18-27)36(40(48)52-8-3)42(46(38)28-19-23-30(51-5)24-20-28)32-14-10-12-16-34(32)45(26-7-2)41(42)49/h6-7,9-24,35,38,43H,1-2,8,25-26H2,3-5H3/t35-,38+,42-/m0/s1.